The van der Waals surface area contributed by atoms with Gasteiger partial charge in [-0.15, -0.1) is 0 Å². The highest BCUT2D eigenvalue weighted by molar-refractivity contribution is 6.06. The molecule has 0 aromatic heterocycles. The van der Waals surface area contributed by atoms with Gasteiger partial charge in [0, 0.05) is 37.4 Å². The van der Waals surface area contributed by atoms with Crippen LogP contribution in [-0.4, -0.2) is 42.9 Å². The van der Waals surface area contributed by atoms with Gasteiger partial charge in [-0.1, -0.05) is 30.3 Å². The van der Waals surface area contributed by atoms with Gasteiger partial charge in [-0.2, -0.15) is 0 Å². The first kappa shape index (κ1) is 23.5. The monoisotopic (exact) mass is 458 g/mol. The van der Waals surface area contributed by atoms with Gasteiger partial charge in [0.15, 0.2) is 0 Å². The summed E-state index contributed by atoms with van der Waals surface area (Å²) >= 11 is 0. The number of piperazine rings is 1. The Balaban J connectivity index is 1.56. The smallest absolute Gasteiger partial charge is 0.258 e. The fraction of sp³-hybridized carbons (Fsp3) is 0.286. The van der Waals surface area contributed by atoms with Gasteiger partial charge in [0.25, 0.3) is 5.91 Å². The summed E-state index contributed by atoms with van der Waals surface area (Å²) in [6.45, 7) is 11.0. The molecule has 0 bridgehead atoms. The fourth-order valence-electron chi connectivity index (χ4n) is 4.12. The second kappa shape index (κ2) is 10.1. The second-order valence-electron chi connectivity index (χ2n) is 8.96. The van der Waals surface area contributed by atoms with E-state index in [2.05, 4.69) is 47.2 Å². The first-order chi connectivity index (χ1) is 16.3. The molecule has 1 aliphatic rings. The van der Waals surface area contributed by atoms with Gasteiger partial charge in [-0.05, 0) is 80.3 Å². The highest BCUT2D eigenvalue weighted by Crippen LogP contribution is 2.23. The first-order valence-corrected chi connectivity index (χ1v) is 11.6. The van der Waals surface area contributed by atoms with Crippen LogP contribution in [0.25, 0.3) is 0 Å². The number of halogens is 1. The van der Waals surface area contributed by atoms with Crippen molar-refractivity contribution in [3.8, 4) is 0 Å². The largest absolute Gasteiger partial charge is 0.368 e. The summed E-state index contributed by atoms with van der Waals surface area (Å²) in [4.78, 5) is 22.2. The Labute approximate surface area is 200 Å². The topological polar surface area (TPSA) is 47.9 Å². The summed E-state index contributed by atoms with van der Waals surface area (Å²) in [6.07, 6.45) is 0. The van der Waals surface area contributed by atoms with Gasteiger partial charge in [0.2, 0.25) is 5.96 Å². The minimum absolute atomic E-state index is 0.272. The number of hydrogen-bond acceptors (Lipinski definition) is 3. The number of amides is 1. The van der Waals surface area contributed by atoms with Crippen LogP contribution in [0.5, 0.6) is 0 Å². The van der Waals surface area contributed by atoms with Crippen molar-refractivity contribution in [3.05, 3.63) is 94.3 Å². The Bertz CT molecular complexity index is 1230. The van der Waals surface area contributed by atoms with E-state index in [1.807, 2.05) is 31.2 Å². The van der Waals surface area contributed by atoms with Gasteiger partial charge >= 0.3 is 0 Å². The van der Waals surface area contributed by atoms with Crippen molar-refractivity contribution in [3.63, 3.8) is 0 Å². The molecule has 6 heteroatoms. The summed E-state index contributed by atoms with van der Waals surface area (Å²) in [5.41, 5.74) is 6.37. The maximum atomic E-state index is 14.1. The van der Waals surface area contributed by atoms with Gasteiger partial charge in [-0.3, -0.25) is 10.1 Å². The third kappa shape index (κ3) is 5.45. The quantitative estimate of drug-likeness (QED) is 0.428. The van der Waals surface area contributed by atoms with Crippen LogP contribution >= 0.6 is 0 Å². The lowest BCUT2D eigenvalue weighted by Gasteiger charge is -2.38. The number of aliphatic imine (C=N–C) groups is 1. The molecule has 0 aliphatic carbocycles. The van der Waals surface area contributed by atoms with E-state index >= 15 is 0 Å². The van der Waals surface area contributed by atoms with E-state index in [1.54, 1.807) is 19.1 Å². The Hall–Kier alpha value is -3.67. The lowest BCUT2D eigenvalue weighted by molar-refractivity contribution is 0.0971. The van der Waals surface area contributed by atoms with Gasteiger partial charge < -0.3 is 9.80 Å². The third-order valence-electron chi connectivity index (χ3n) is 6.18. The summed E-state index contributed by atoms with van der Waals surface area (Å²) in [7, 11) is 0. The molecule has 34 heavy (non-hydrogen) atoms. The van der Waals surface area contributed by atoms with E-state index in [1.165, 1.54) is 22.9 Å². The molecular formula is C28H31FN4O. The van der Waals surface area contributed by atoms with E-state index in [0.717, 1.165) is 24.3 Å². The van der Waals surface area contributed by atoms with Crippen LogP contribution in [-0.2, 0) is 0 Å². The SMILES string of the molecule is Cc1cccc(N=C(NC(=O)c2ccc(C)c(F)c2)N2CCN(c3cc(C)ccc3C)CC2)c1. The minimum atomic E-state index is -0.396. The zero-order valence-corrected chi connectivity index (χ0v) is 20.2. The molecule has 1 saturated heterocycles. The summed E-state index contributed by atoms with van der Waals surface area (Å²) < 4.78 is 14.1. The maximum absolute atomic E-state index is 14.1. The number of rotatable bonds is 3. The Morgan fingerprint density at radius 3 is 2.26 bits per heavy atom. The van der Waals surface area contributed by atoms with Gasteiger partial charge in [-0.25, -0.2) is 9.38 Å². The zero-order chi connectivity index (χ0) is 24.2. The lowest BCUT2D eigenvalue weighted by atomic mass is 10.1. The van der Waals surface area contributed by atoms with Crippen LogP contribution in [0.15, 0.2) is 65.7 Å². The van der Waals surface area contributed by atoms with E-state index in [9.17, 15) is 9.18 Å². The Morgan fingerprint density at radius 1 is 0.853 bits per heavy atom. The third-order valence-corrected chi connectivity index (χ3v) is 6.18. The van der Waals surface area contributed by atoms with Gasteiger partial charge in [0.1, 0.15) is 5.82 Å². The molecule has 3 aromatic carbocycles. The molecule has 0 atom stereocenters. The number of anilines is 1. The van der Waals surface area contributed by atoms with Crippen molar-refractivity contribution in [1.82, 2.24) is 10.2 Å². The van der Waals surface area contributed by atoms with Crippen molar-refractivity contribution in [2.75, 3.05) is 31.1 Å². The average Bonchev–Trinajstić information content (AvgIpc) is 2.82. The second-order valence-corrected chi connectivity index (χ2v) is 8.96. The Kier molecular flexibility index (Phi) is 6.96. The van der Waals surface area contributed by atoms with Crippen LogP contribution < -0.4 is 10.2 Å². The number of nitrogens with one attached hydrogen (secondary N) is 1. The van der Waals surface area contributed by atoms with Crippen LogP contribution in [0.1, 0.15) is 32.6 Å². The van der Waals surface area contributed by atoms with Crippen molar-refractivity contribution < 1.29 is 9.18 Å². The van der Waals surface area contributed by atoms with E-state index in [4.69, 9.17) is 4.99 Å². The van der Waals surface area contributed by atoms with Crippen molar-refractivity contribution in [2.24, 2.45) is 4.99 Å². The molecular weight excluding hydrogens is 427 g/mol. The number of carbonyl (C=O) groups is 1. The predicted octanol–water partition coefficient (Wildman–Crippen LogP) is 5.30. The summed E-state index contributed by atoms with van der Waals surface area (Å²) in [5.74, 6) is -0.286. The molecule has 1 amide bonds. The molecule has 0 radical (unpaired) electrons. The number of guanidine groups is 1. The van der Waals surface area contributed by atoms with Crippen LogP contribution in [0.3, 0.4) is 0 Å². The summed E-state index contributed by atoms with van der Waals surface area (Å²) in [6, 6.07) is 18.9. The first-order valence-electron chi connectivity index (χ1n) is 11.6. The van der Waals surface area contributed by atoms with Crippen LogP contribution in [0, 0.1) is 33.5 Å². The number of hydrogen-bond donors (Lipinski definition) is 1. The van der Waals surface area contributed by atoms with E-state index in [0.29, 0.717) is 24.6 Å². The molecule has 0 spiro atoms. The molecule has 0 saturated carbocycles. The van der Waals surface area contributed by atoms with E-state index < -0.39 is 5.82 Å². The van der Waals surface area contributed by atoms with Crippen molar-refractivity contribution in [2.45, 2.75) is 27.7 Å². The molecule has 1 N–H and O–H groups in total. The molecule has 1 heterocycles. The normalized spacial score (nSPS) is 14.3. The van der Waals surface area contributed by atoms with Crippen LogP contribution in [0.4, 0.5) is 15.8 Å². The maximum Gasteiger partial charge on any atom is 0.258 e. The number of benzene rings is 3. The molecule has 4 rings (SSSR count). The fourth-order valence-corrected chi connectivity index (χ4v) is 4.12. The number of carbonyl (C=O) groups excluding carboxylic acids is 1. The van der Waals surface area contributed by atoms with Crippen molar-refractivity contribution in [1.29, 1.82) is 0 Å². The van der Waals surface area contributed by atoms with Gasteiger partial charge in [0.05, 0.1) is 5.69 Å². The predicted molar refractivity (Wildman–Crippen MR) is 137 cm³/mol. The Morgan fingerprint density at radius 2 is 1.56 bits per heavy atom. The lowest BCUT2D eigenvalue weighted by Crippen LogP contribution is -2.53. The molecule has 5 nitrogen and oxygen atoms in total. The molecule has 1 aliphatic heterocycles. The van der Waals surface area contributed by atoms with E-state index in [-0.39, 0.29) is 11.5 Å². The average molecular weight is 459 g/mol. The standard InChI is InChI=1S/C28H31FN4O/c1-19-6-5-7-24(16-19)30-28(31-27(34)23-11-10-21(3)25(29)18-23)33-14-12-32(13-15-33)26-17-20(2)8-9-22(26)4/h5-11,16-18H,12-15H2,1-4H3,(H,30,31,34). The highest BCUT2D eigenvalue weighted by atomic mass is 19.1. The number of nitrogens with zero attached hydrogens (tertiary/aromatic N) is 3. The zero-order valence-electron chi connectivity index (χ0n) is 20.2. The molecule has 1 fully saturated rings. The molecule has 3 aromatic rings. The highest BCUT2D eigenvalue weighted by Gasteiger charge is 2.23. The minimum Gasteiger partial charge on any atom is -0.368 e. The van der Waals surface area contributed by atoms with Crippen molar-refractivity contribution >= 4 is 23.2 Å². The molecule has 0 unspecified atom stereocenters. The molecule has 176 valence electrons. The summed E-state index contributed by atoms with van der Waals surface area (Å²) in [5, 5.41) is 2.94. The number of aryl methyl sites for hydroxylation is 4. The van der Waals surface area contributed by atoms with Crippen LogP contribution in [0.2, 0.25) is 0 Å².